The van der Waals surface area contributed by atoms with E-state index in [1.54, 1.807) is 0 Å². The topological polar surface area (TPSA) is 3.24 Å². The van der Waals surface area contributed by atoms with Crippen LogP contribution in [0.4, 0.5) is 0 Å². The molecule has 0 N–H and O–H groups in total. The van der Waals surface area contributed by atoms with E-state index in [-0.39, 0.29) is 0 Å². The summed E-state index contributed by atoms with van der Waals surface area (Å²) < 4.78 is 0. The number of hydrogen-bond donors (Lipinski definition) is 0. The van der Waals surface area contributed by atoms with Crippen LogP contribution in [0, 0.1) is 0 Å². The lowest BCUT2D eigenvalue weighted by molar-refractivity contribution is 0.308. The number of benzene rings is 1. The van der Waals surface area contributed by atoms with E-state index in [1.807, 2.05) is 12.1 Å². The first-order chi connectivity index (χ1) is 6.76. The fraction of sp³-hybridized carbons (Fsp3) is 0.500. The largest absolute Gasteiger partial charge is 0.304 e. The van der Waals surface area contributed by atoms with Gasteiger partial charge in [0.25, 0.3) is 0 Å². The van der Waals surface area contributed by atoms with Crippen molar-refractivity contribution in [2.24, 2.45) is 0 Å². The molecule has 1 aromatic carbocycles. The van der Waals surface area contributed by atoms with Gasteiger partial charge in [0, 0.05) is 11.6 Å². The van der Waals surface area contributed by atoms with Gasteiger partial charge in [-0.25, -0.2) is 0 Å². The molecule has 1 nitrogen and oxygen atoms in total. The SMILES string of the molecule is CCN(CC)CCc1ccc(Cl)cc1. The van der Waals surface area contributed by atoms with E-state index >= 15 is 0 Å². The molecule has 0 fully saturated rings. The zero-order valence-corrected chi connectivity index (χ0v) is 9.72. The number of hydrogen-bond acceptors (Lipinski definition) is 1. The van der Waals surface area contributed by atoms with Gasteiger partial charge in [0.05, 0.1) is 0 Å². The van der Waals surface area contributed by atoms with E-state index in [9.17, 15) is 0 Å². The van der Waals surface area contributed by atoms with Crippen LogP contribution in [-0.2, 0) is 6.42 Å². The van der Waals surface area contributed by atoms with Gasteiger partial charge in [-0.05, 0) is 37.2 Å². The summed E-state index contributed by atoms with van der Waals surface area (Å²) in [4.78, 5) is 2.43. The van der Waals surface area contributed by atoms with Crippen molar-refractivity contribution in [3.05, 3.63) is 34.9 Å². The molecule has 0 spiro atoms. The molecule has 0 amide bonds. The Labute approximate surface area is 91.7 Å². The average molecular weight is 212 g/mol. The molecule has 1 rings (SSSR count). The summed E-state index contributed by atoms with van der Waals surface area (Å²) >= 11 is 5.82. The molecule has 0 aliphatic rings. The second kappa shape index (κ2) is 6.05. The van der Waals surface area contributed by atoms with Crippen molar-refractivity contribution < 1.29 is 0 Å². The predicted octanol–water partition coefficient (Wildman–Crippen LogP) is 3.22. The monoisotopic (exact) mass is 211 g/mol. The zero-order chi connectivity index (χ0) is 10.4. The number of likely N-dealkylation sites (N-methyl/N-ethyl adjacent to an activating group) is 1. The molecular formula is C12H18ClN. The second-order valence-electron chi connectivity index (χ2n) is 3.40. The smallest absolute Gasteiger partial charge is 0.0406 e. The van der Waals surface area contributed by atoms with Gasteiger partial charge in [-0.3, -0.25) is 0 Å². The Hall–Kier alpha value is -0.530. The van der Waals surface area contributed by atoms with E-state index < -0.39 is 0 Å². The third kappa shape index (κ3) is 3.69. The van der Waals surface area contributed by atoms with Crippen LogP contribution in [0.15, 0.2) is 24.3 Å². The minimum Gasteiger partial charge on any atom is -0.304 e. The molecule has 0 unspecified atom stereocenters. The van der Waals surface area contributed by atoms with Gasteiger partial charge >= 0.3 is 0 Å². The van der Waals surface area contributed by atoms with Crippen molar-refractivity contribution in [2.45, 2.75) is 20.3 Å². The molecule has 0 aliphatic carbocycles. The molecule has 0 atom stereocenters. The lowest BCUT2D eigenvalue weighted by atomic mass is 10.1. The number of halogens is 1. The Morgan fingerprint density at radius 2 is 1.64 bits per heavy atom. The van der Waals surface area contributed by atoms with E-state index in [4.69, 9.17) is 11.6 Å². The normalized spacial score (nSPS) is 10.9. The minimum atomic E-state index is 0.816. The first-order valence-corrected chi connectivity index (χ1v) is 5.60. The van der Waals surface area contributed by atoms with Gasteiger partial charge in [-0.15, -0.1) is 0 Å². The van der Waals surface area contributed by atoms with Crippen LogP contribution in [0.1, 0.15) is 19.4 Å². The second-order valence-corrected chi connectivity index (χ2v) is 3.84. The molecular weight excluding hydrogens is 194 g/mol. The Morgan fingerprint density at radius 1 is 1.07 bits per heavy atom. The third-order valence-electron chi connectivity index (χ3n) is 2.52. The van der Waals surface area contributed by atoms with Crippen molar-refractivity contribution in [3.8, 4) is 0 Å². The molecule has 0 aliphatic heterocycles. The molecule has 0 heterocycles. The Morgan fingerprint density at radius 3 is 2.14 bits per heavy atom. The summed E-state index contributed by atoms with van der Waals surface area (Å²) in [7, 11) is 0. The van der Waals surface area contributed by atoms with Gasteiger partial charge in [0.2, 0.25) is 0 Å². The number of rotatable bonds is 5. The van der Waals surface area contributed by atoms with Crippen molar-refractivity contribution in [2.75, 3.05) is 19.6 Å². The first-order valence-electron chi connectivity index (χ1n) is 5.23. The molecule has 0 saturated carbocycles. The van der Waals surface area contributed by atoms with Crippen molar-refractivity contribution in [3.63, 3.8) is 0 Å². The van der Waals surface area contributed by atoms with Crippen LogP contribution < -0.4 is 0 Å². The van der Waals surface area contributed by atoms with Crippen LogP contribution >= 0.6 is 11.6 Å². The molecule has 14 heavy (non-hydrogen) atoms. The summed E-state index contributed by atoms with van der Waals surface area (Å²) in [6.07, 6.45) is 1.11. The Balaban J connectivity index is 2.41. The summed E-state index contributed by atoms with van der Waals surface area (Å²) in [5.74, 6) is 0. The molecule has 2 heteroatoms. The van der Waals surface area contributed by atoms with Crippen LogP contribution in [0.5, 0.6) is 0 Å². The van der Waals surface area contributed by atoms with E-state index in [0.717, 1.165) is 31.1 Å². The third-order valence-corrected chi connectivity index (χ3v) is 2.78. The maximum absolute atomic E-state index is 5.82. The molecule has 0 aromatic heterocycles. The molecule has 0 bridgehead atoms. The summed E-state index contributed by atoms with van der Waals surface area (Å²) in [5, 5.41) is 0.816. The van der Waals surface area contributed by atoms with Crippen LogP contribution in [-0.4, -0.2) is 24.5 Å². The first kappa shape index (κ1) is 11.5. The van der Waals surface area contributed by atoms with E-state index in [1.165, 1.54) is 5.56 Å². The molecule has 0 radical (unpaired) electrons. The summed E-state index contributed by atoms with van der Waals surface area (Å²) in [5.41, 5.74) is 1.36. The van der Waals surface area contributed by atoms with Crippen molar-refractivity contribution in [1.82, 2.24) is 4.90 Å². The van der Waals surface area contributed by atoms with Gasteiger partial charge in [-0.1, -0.05) is 37.6 Å². The quantitative estimate of drug-likeness (QED) is 0.723. The average Bonchev–Trinajstić information content (AvgIpc) is 2.22. The lowest BCUT2D eigenvalue weighted by Crippen LogP contribution is -2.25. The van der Waals surface area contributed by atoms with Gasteiger partial charge in [-0.2, -0.15) is 0 Å². The zero-order valence-electron chi connectivity index (χ0n) is 8.96. The standard InChI is InChI=1S/C12H18ClN/c1-3-14(4-2)10-9-11-5-7-12(13)8-6-11/h5-8H,3-4,9-10H2,1-2H3. The molecule has 0 saturated heterocycles. The van der Waals surface area contributed by atoms with Crippen LogP contribution in [0.2, 0.25) is 5.02 Å². The maximum Gasteiger partial charge on any atom is 0.0406 e. The van der Waals surface area contributed by atoms with Gasteiger partial charge in [0.15, 0.2) is 0 Å². The highest BCUT2D eigenvalue weighted by atomic mass is 35.5. The fourth-order valence-corrected chi connectivity index (χ4v) is 1.60. The highest BCUT2D eigenvalue weighted by Crippen LogP contribution is 2.10. The Bertz CT molecular complexity index is 252. The van der Waals surface area contributed by atoms with Gasteiger partial charge < -0.3 is 4.90 Å². The summed E-state index contributed by atoms with van der Waals surface area (Å²) in [6.45, 7) is 7.79. The summed E-state index contributed by atoms with van der Waals surface area (Å²) in [6, 6.07) is 8.12. The highest BCUT2D eigenvalue weighted by Gasteiger charge is 1.99. The molecule has 78 valence electrons. The van der Waals surface area contributed by atoms with Crippen molar-refractivity contribution in [1.29, 1.82) is 0 Å². The van der Waals surface area contributed by atoms with E-state index in [2.05, 4.69) is 30.9 Å². The van der Waals surface area contributed by atoms with Crippen LogP contribution in [0.25, 0.3) is 0 Å². The minimum absolute atomic E-state index is 0.816. The van der Waals surface area contributed by atoms with E-state index in [0.29, 0.717) is 0 Å². The number of nitrogens with zero attached hydrogens (tertiary/aromatic N) is 1. The van der Waals surface area contributed by atoms with Gasteiger partial charge in [0.1, 0.15) is 0 Å². The lowest BCUT2D eigenvalue weighted by Gasteiger charge is -2.17. The Kier molecular flexibility index (Phi) is 4.99. The van der Waals surface area contributed by atoms with Crippen molar-refractivity contribution >= 4 is 11.6 Å². The molecule has 1 aromatic rings. The van der Waals surface area contributed by atoms with Crippen LogP contribution in [0.3, 0.4) is 0 Å². The maximum atomic E-state index is 5.82. The fourth-order valence-electron chi connectivity index (χ4n) is 1.48. The highest BCUT2D eigenvalue weighted by molar-refractivity contribution is 6.30. The predicted molar refractivity (Wildman–Crippen MR) is 62.9 cm³/mol.